The van der Waals surface area contributed by atoms with Crippen molar-refractivity contribution in [1.29, 1.82) is 0 Å². The zero-order valence-corrected chi connectivity index (χ0v) is 11.8. The van der Waals surface area contributed by atoms with Crippen LogP contribution in [0.2, 0.25) is 10.0 Å². The van der Waals surface area contributed by atoms with E-state index in [2.05, 4.69) is 33.0 Å². The second kappa shape index (κ2) is 5.39. The van der Waals surface area contributed by atoms with Crippen LogP contribution < -0.4 is 5.32 Å². The van der Waals surface area contributed by atoms with Crippen LogP contribution in [0, 0.1) is 0 Å². The van der Waals surface area contributed by atoms with E-state index in [4.69, 9.17) is 23.2 Å². The first kappa shape index (κ1) is 13.8. The van der Waals surface area contributed by atoms with Gasteiger partial charge in [0, 0.05) is 22.1 Å². The zero-order valence-electron chi connectivity index (χ0n) is 10.3. The Hall–Kier alpha value is -0.240. The Morgan fingerprint density at radius 1 is 1.25 bits per heavy atom. The third-order valence-corrected chi connectivity index (χ3v) is 2.99. The number of halogens is 2. The van der Waals surface area contributed by atoms with Crippen molar-refractivity contribution in [2.45, 2.75) is 39.2 Å². The highest BCUT2D eigenvalue weighted by Gasteiger charge is 2.14. The van der Waals surface area contributed by atoms with Gasteiger partial charge in [0.2, 0.25) is 0 Å². The van der Waals surface area contributed by atoms with E-state index in [0.29, 0.717) is 10.9 Å². The predicted octanol–water partition coefficient (Wildman–Crippen LogP) is 4.49. The molecule has 0 bridgehead atoms. The fraction of sp³-hybridized carbons (Fsp3) is 0.538. The summed E-state index contributed by atoms with van der Waals surface area (Å²) in [6.07, 6.45) is 0. The summed E-state index contributed by atoms with van der Waals surface area (Å²) in [7, 11) is 0. The monoisotopic (exact) mass is 259 g/mol. The first-order valence-electron chi connectivity index (χ1n) is 5.49. The molecule has 1 unspecified atom stereocenters. The van der Waals surface area contributed by atoms with Crippen LogP contribution in [0.5, 0.6) is 0 Å². The minimum atomic E-state index is 0.132. The molecule has 0 aliphatic rings. The minimum absolute atomic E-state index is 0.132. The van der Waals surface area contributed by atoms with Crippen LogP contribution in [0.25, 0.3) is 0 Å². The highest BCUT2D eigenvalue weighted by Crippen LogP contribution is 2.27. The van der Waals surface area contributed by atoms with E-state index in [1.54, 1.807) is 6.07 Å². The molecule has 1 nitrogen and oxygen atoms in total. The van der Waals surface area contributed by atoms with Crippen molar-refractivity contribution in [2.24, 2.45) is 0 Å². The van der Waals surface area contributed by atoms with Gasteiger partial charge >= 0.3 is 0 Å². The highest BCUT2D eigenvalue weighted by atomic mass is 35.5. The minimum Gasteiger partial charge on any atom is -0.311 e. The predicted molar refractivity (Wildman–Crippen MR) is 72.6 cm³/mol. The van der Waals surface area contributed by atoms with Gasteiger partial charge in [-0.3, -0.25) is 0 Å². The molecule has 0 aliphatic carbocycles. The Labute approximate surface area is 108 Å². The highest BCUT2D eigenvalue weighted by molar-refractivity contribution is 6.35. The summed E-state index contributed by atoms with van der Waals surface area (Å²) in [4.78, 5) is 0. The van der Waals surface area contributed by atoms with Crippen LogP contribution in [0.4, 0.5) is 0 Å². The molecule has 90 valence electrons. The van der Waals surface area contributed by atoms with Crippen molar-refractivity contribution in [1.82, 2.24) is 5.32 Å². The molecular weight excluding hydrogens is 241 g/mol. The molecule has 1 atom stereocenters. The van der Waals surface area contributed by atoms with Crippen LogP contribution >= 0.6 is 23.2 Å². The standard InChI is InChI=1S/C13H19Cl2N/c1-9(8-16-13(2,3)4)11-6-5-10(14)7-12(11)15/h5-7,9,16H,8H2,1-4H3. The SMILES string of the molecule is CC(CNC(C)(C)C)c1ccc(Cl)cc1Cl. The molecule has 0 aromatic heterocycles. The maximum atomic E-state index is 6.16. The van der Waals surface area contributed by atoms with E-state index >= 15 is 0 Å². The molecule has 0 fully saturated rings. The first-order valence-corrected chi connectivity index (χ1v) is 6.25. The Kier molecular flexibility index (Phi) is 4.66. The molecule has 0 aliphatic heterocycles. The first-order chi connectivity index (χ1) is 7.29. The normalized spacial score (nSPS) is 13.9. The van der Waals surface area contributed by atoms with Crippen LogP contribution in [0.15, 0.2) is 18.2 Å². The van der Waals surface area contributed by atoms with Crippen LogP contribution in [0.1, 0.15) is 39.2 Å². The number of benzene rings is 1. The Morgan fingerprint density at radius 2 is 1.88 bits per heavy atom. The molecular formula is C13H19Cl2N. The number of nitrogens with one attached hydrogen (secondary N) is 1. The van der Waals surface area contributed by atoms with E-state index in [9.17, 15) is 0 Å². The van der Waals surface area contributed by atoms with E-state index in [1.807, 2.05) is 12.1 Å². The van der Waals surface area contributed by atoms with Gasteiger partial charge < -0.3 is 5.32 Å². The second-order valence-corrected chi connectivity index (χ2v) is 6.04. The lowest BCUT2D eigenvalue weighted by Crippen LogP contribution is -2.38. The summed E-state index contributed by atoms with van der Waals surface area (Å²) in [5.74, 6) is 0.379. The van der Waals surface area contributed by atoms with Gasteiger partial charge in [-0.05, 0) is 44.4 Å². The van der Waals surface area contributed by atoms with Gasteiger partial charge in [-0.1, -0.05) is 36.2 Å². The summed E-state index contributed by atoms with van der Waals surface area (Å²) in [5, 5.41) is 4.90. The molecule has 16 heavy (non-hydrogen) atoms. The Bertz CT molecular complexity index is 355. The lowest BCUT2D eigenvalue weighted by molar-refractivity contribution is 0.412. The number of rotatable bonds is 3. The van der Waals surface area contributed by atoms with Crippen molar-refractivity contribution in [3.63, 3.8) is 0 Å². The quantitative estimate of drug-likeness (QED) is 0.844. The maximum Gasteiger partial charge on any atom is 0.0456 e. The molecule has 1 rings (SSSR count). The summed E-state index contributed by atoms with van der Waals surface area (Å²) in [6, 6.07) is 5.68. The topological polar surface area (TPSA) is 12.0 Å². The fourth-order valence-electron chi connectivity index (χ4n) is 1.47. The summed E-state index contributed by atoms with van der Waals surface area (Å²) < 4.78 is 0. The fourth-order valence-corrected chi connectivity index (χ4v) is 2.07. The van der Waals surface area contributed by atoms with E-state index < -0.39 is 0 Å². The average molecular weight is 260 g/mol. The van der Waals surface area contributed by atoms with E-state index in [-0.39, 0.29) is 5.54 Å². The van der Waals surface area contributed by atoms with Gasteiger partial charge in [-0.2, -0.15) is 0 Å². The molecule has 0 spiro atoms. The van der Waals surface area contributed by atoms with Crippen LogP contribution in [-0.4, -0.2) is 12.1 Å². The van der Waals surface area contributed by atoms with E-state index in [0.717, 1.165) is 17.1 Å². The van der Waals surface area contributed by atoms with Gasteiger partial charge in [0.25, 0.3) is 0 Å². The van der Waals surface area contributed by atoms with Crippen molar-refractivity contribution in [3.05, 3.63) is 33.8 Å². The van der Waals surface area contributed by atoms with Gasteiger partial charge in [0.1, 0.15) is 0 Å². The van der Waals surface area contributed by atoms with Crippen molar-refractivity contribution in [2.75, 3.05) is 6.54 Å². The maximum absolute atomic E-state index is 6.16. The molecule has 1 N–H and O–H groups in total. The third-order valence-electron chi connectivity index (χ3n) is 2.43. The Balaban J connectivity index is 2.70. The Morgan fingerprint density at radius 3 is 2.38 bits per heavy atom. The number of hydrogen-bond donors (Lipinski definition) is 1. The molecule has 0 heterocycles. The summed E-state index contributed by atoms with van der Waals surface area (Å²) in [5.41, 5.74) is 1.27. The van der Waals surface area contributed by atoms with Gasteiger partial charge in [-0.25, -0.2) is 0 Å². The molecule has 3 heteroatoms. The van der Waals surface area contributed by atoms with Crippen LogP contribution in [0.3, 0.4) is 0 Å². The average Bonchev–Trinajstić information content (AvgIpc) is 2.13. The summed E-state index contributed by atoms with van der Waals surface area (Å²) in [6.45, 7) is 9.54. The van der Waals surface area contributed by atoms with E-state index in [1.165, 1.54) is 0 Å². The largest absolute Gasteiger partial charge is 0.311 e. The second-order valence-electron chi connectivity index (χ2n) is 5.20. The molecule has 1 aromatic rings. The molecule has 0 saturated carbocycles. The molecule has 0 saturated heterocycles. The van der Waals surface area contributed by atoms with Crippen molar-refractivity contribution in [3.8, 4) is 0 Å². The summed E-state index contributed by atoms with van der Waals surface area (Å²) >= 11 is 12.0. The van der Waals surface area contributed by atoms with Gasteiger partial charge in [0.05, 0.1) is 0 Å². The number of hydrogen-bond acceptors (Lipinski definition) is 1. The molecule has 1 aromatic carbocycles. The smallest absolute Gasteiger partial charge is 0.0456 e. The lowest BCUT2D eigenvalue weighted by Gasteiger charge is -2.24. The molecule has 0 amide bonds. The van der Waals surface area contributed by atoms with Crippen molar-refractivity contribution >= 4 is 23.2 Å². The van der Waals surface area contributed by atoms with Gasteiger partial charge in [0.15, 0.2) is 0 Å². The van der Waals surface area contributed by atoms with Crippen LogP contribution in [-0.2, 0) is 0 Å². The lowest BCUT2D eigenvalue weighted by atomic mass is 9.99. The molecule has 0 radical (unpaired) electrons. The third kappa shape index (κ3) is 4.32. The zero-order chi connectivity index (χ0) is 12.3. The van der Waals surface area contributed by atoms with Crippen molar-refractivity contribution < 1.29 is 0 Å². The van der Waals surface area contributed by atoms with Gasteiger partial charge in [-0.15, -0.1) is 0 Å².